The van der Waals surface area contributed by atoms with Crippen LogP contribution in [-0.2, 0) is 6.54 Å². The van der Waals surface area contributed by atoms with Crippen molar-refractivity contribution in [2.24, 2.45) is 0 Å². The standard InChI is InChI=1S/C15H22ClN3/c1-11(16)14-17-12-8-6-7-9-13(12)19(14)10-15(2,3)18(4)5/h6-9,11H,10H2,1-5H3. The Morgan fingerprint density at radius 2 is 1.95 bits per heavy atom. The molecule has 1 aromatic carbocycles. The third-order valence-corrected chi connectivity index (χ3v) is 3.99. The summed E-state index contributed by atoms with van der Waals surface area (Å²) in [6.45, 7) is 7.30. The normalized spacial score (nSPS) is 14.3. The fourth-order valence-electron chi connectivity index (χ4n) is 2.09. The number of alkyl halides is 1. The molecule has 1 aromatic heterocycles. The molecule has 0 aliphatic carbocycles. The molecule has 19 heavy (non-hydrogen) atoms. The maximum absolute atomic E-state index is 6.29. The molecule has 104 valence electrons. The molecule has 3 nitrogen and oxygen atoms in total. The third-order valence-electron chi connectivity index (χ3n) is 3.80. The van der Waals surface area contributed by atoms with E-state index in [1.807, 2.05) is 25.1 Å². The van der Waals surface area contributed by atoms with E-state index in [1.54, 1.807) is 0 Å². The molecule has 1 atom stereocenters. The van der Waals surface area contributed by atoms with Crippen LogP contribution in [-0.4, -0.2) is 34.1 Å². The molecule has 0 aliphatic heterocycles. The molecule has 2 rings (SSSR count). The Morgan fingerprint density at radius 3 is 2.53 bits per heavy atom. The molecule has 0 aliphatic rings. The number of aromatic nitrogens is 2. The van der Waals surface area contributed by atoms with Gasteiger partial charge in [0.1, 0.15) is 5.82 Å². The molecule has 0 spiro atoms. The van der Waals surface area contributed by atoms with Crippen molar-refractivity contribution in [2.45, 2.75) is 38.2 Å². The fourth-order valence-corrected chi connectivity index (χ4v) is 2.26. The largest absolute Gasteiger partial charge is 0.325 e. The second kappa shape index (κ2) is 5.14. The summed E-state index contributed by atoms with van der Waals surface area (Å²) >= 11 is 6.29. The average Bonchev–Trinajstić information content (AvgIpc) is 2.68. The maximum Gasteiger partial charge on any atom is 0.127 e. The van der Waals surface area contributed by atoms with Crippen LogP contribution in [0.5, 0.6) is 0 Å². The highest BCUT2D eigenvalue weighted by molar-refractivity contribution is 6.20. The Hall–Kier alpha value is -1.06. The van der Waals surface area contributed by atoms with Crippen LogP contribution < -0.4 is 0 Å². The highest BCUT2D eigenvalue weighted by Crippen LogP contribution is 2.27. The van der Waals surface area contributed by atoms with Gasteiger partial charge >= 0.3 is 0 Å². The number of fused-ring (bicyclic) bond motifs is 1. The van der Waals surface area contributed by atoms with E-state index in [0.29, 0.717) is 0 Å². The van der Waals surface area contributed by atoms with Crippen molar-refractivity contribution in [3.63, 3.8) is 0 Å². The van der Waals surface area contributed by atoms with Crippen molar-refractivity contribution in [3.8, 4) is 0 Å². The molecule has 0 radical (unpaired) electrons. The number of nitrogens with zero attached hydrogens (tertiary/aromatic N) is 3. The fraction of sp³-hybridized carbons (Fsp3) is 0.533. The van der Waals surface area contributed by atoms with E-state index in [0.717, 1.165) is 23.4 Å². The lowest BCUT2D eigenvalue weighted by molar-refractivity contribution is 0.170. The SMILES string of the molecule is CC(Cl)c1nc2ccccc2n1CC(C)(C)N(C)C. The minimum atomic E-state index is -0.0923. The predicted molar refractivity (Wildman–Crippen MR) is 81.8 cm³/mol. The monoisotopic (exact) mass is 279 g/mol. The molecule has 4 heteroatoms. The minimum absolute atomic E-state index is 0.0456. The van der Waals surface area contributed by atoms with Gasteiger partial charge in [-0.3, -0.25) is 0 Å². The summed E-state index contributed by atoms with van der Waals surface area (Å²) in [7, 11) is 4.20. The summed E-state index contributed by atoms with van der Waals surface area (Å²) in [4.78, 5) is 6.89. The first-order valence-electron chi connectivity index (χ1n) is 6.59. The van der Waals surface area contributed by atoms with E-state index in [-0.39, 0.29) is 10.9 Å². The first-order valence-corrected chi connectivity index (χ1v) is 7.03. The Balaban J connectivity index is 2.54. The van der Waals surface area contributed by atoms with Crippen LogP contribution in [0.2, 0.25) is 0 Å². The van der Waals surface area contributed by atoms with Crippen LogP contribution in [0, 0.1) is 0 Å². The summed E-state index contributed by atoms with van der Waals surface area (Å²) in [6, 6.07) is 8.21. The number of likely N-dealkylation sites (N-methyl/N-ethyl adjacent to an activating group) is 1. The Bertz CT molecular complexity index is 570. The van der Waals surface area contributed by atoms with Crippen LogP contribution >= 0.6 is 11.6 Å². The van der Waals surface area contributed by atoms with Gasteiger partial charge in [0.25, 0.3) is 0 Å². The number of benzene rings is 1. The van der Waals surface area contributed by atoms with Crippen molar-refractivity contribution in [1.29, 1.82) is 0 Å². The zero-order valence-corrected chi connectivity index (χ0v) is 13.1. The van der Waals surface area contributed by atoms with Gasteiger partial charge in [-0.15, -0.1) is 11.6 Å². The van der Waals surface area contributed by atoms with Crippen molar-refractivity contribution < 1.29 is 0 Å². The van der Waals surface area contributed by atoms with E-state index in [4.69, 9.17) is 11.6 Å². The molecule has 0 saturated heterocycles. The quantitative estimate of drug-likeness (QED) is 0.796. The van der Waals surface area contributed by atoms with Crippen molar-refractivity contribution in [1.82, 2.24) is 14.5 Å². The van der Waals surface area contributed by atoms with Gasteiger partial charge in [-0.1, -0.05) is 12.1 Å². The number of rotatable bonds is 4. The topological polar surface area (TPSA) is 21.1 Å². The van der Waals surface area contributed by atoms with Gasteiger partial charge in [0, 0.05) is 12.1 Å². The lowest BCUT2D eigenvalue weighted by Crippen LogP contribution is -2.42. The summed E-state index contributed by atoms with van der Waals surface area (Å²) in [6.07, 6.45) is 0. The van der Waals surface area contributed by atoms with Crippen LogP contribution in [0.25, 0.3) is 11.0 Å². The van der Waals surface area contributed by atoms with Gasteiger partial charge in [0.05, 0.1) is 16.4 Å². The first-order chi connectivity index (χ1) is 8.83. The number of hydrogen-bond donors (Lipinski definition) is 0. The second-order valence-corrected chi connectivity index (χ2v) is 6.52. The van der Waals surface area contributed by atoms with Crippen LogP contribution in [0.4, 0.5) is 0 Å². The van der Waals surface area contributed by atoms with Gasteiger partial charge in [-0.05, 0) is 47.0 Å². The molecule has 2 aromatic rings. The molecule has 1 heterocycles. The van der Waals surface area contributed by atoms with E-state index in [1.165, 1.54) is 0 Å². The maximum atomic E-state index is 6.29. The highest BCUT2D eigenvalue weighted by Gasteiger charge is 2.25. The Kier molecular flexibility index (Phi) is 3.88. The minimum Gasteiger partial charge on any atom is -0.325 e. The molecule has 0 fully saturated rings. The third kappa shape index (κ3) is 2.77. The Labute approximate surface area is 120 Å². The molecule has 0 amide bonds. The lowest BCUT2D eigenvalue weighted by atomic mass is 10.0. The van der Waals surface area contributed by atoms with Crippen molar-refractivity contribution >= 4 is 22.6 Å². The number of hydrogen-bond acceptors (Lipinski definition) is 2. The van der Waals surface area contributed by atoms with Crippen LogP contribution in [0.3, 0.4) is 0 Å². The summed E-state index contributed by atoms with van der Waals surface area (Å²) in [5.74, 6) is 0.942. The molecular formula is C15H22ClN3. The molecule has 0 bridgehead atoms. The highest BCUT2D eigenvalue weighted by atomic mass is 35.5. The van der Waals surface area contributed by atoms with Gasteiger partial charge < -0.3 is 9.47 Å². The smallest absolute Gasteiger partial charge is 0.127 e. The van der Waals surface area contributed by atoms with Crippen molar-refractivity contribution in [3.05, 3.63) is 30.1 Å². The number of halogens is 1. The van der Waals surface area contributed by atoms with Crippen molar-refractivity contribution in [2.75, 3.05) is 14.1 Å². The number of imidazole rings is 1. The summed E-state index contributed by atoms with van der Waals surface area (Å²) < 4.78 is 2.24. The van der Waals surface area contributed by atoms with Gasteiger partial charge in [-0.2, -0.15) is 0 Å². The first kappa shape index (κ1) is 14.4. The van der Waals surface area contributed by atoms with E-state index in [2.05, 4.69) is 48.5 Å². The van der Waals surface area contributed by atoms with Gasteiger partial charge in [0.15, 0.2) is 0 Å². The average molecular weight is 280 g/mol. The van der Waals surface area contributed by atoms with Gasteiger partial charge in [0.2, 0.25) is 0 Å². The molecule has 0 saturated carbocycles. The van der Waals surface area contributed by atoms with E-state index >= 15 is 0 Å². The van der Waals surface area contributed by atoms with Gasteiger partial charge in [-0.25, -0.2) is 4.98 Å². The molecular weight excluding hydrogens is 258 g/mol. The van der Waals surface area contributed by atoms with E-state index in [9.17, 15) is 0 Å². The summed E-state index contributed by atoms with van der Waals surface area (Å²) in [5, 5.41) is -0.0923. The van der Waals surface area contributed by atoms with Crippen LogP contribution in [0.15, 0.2) is 24.3 Å². The zero-order chi connectivity index (χ0) is 14.2. The van der Waals surface area contributed by atoms with E-state index < -0.39 is 0 Å². The second-order valence-electron chi connectivity index (χ2n) is 5.87. The van der Waals surface area contributed by atoms with Crippen LogP contribution in [0.1, 0.15) is 32.0 Å². The molecule has 1 unspecified atom stereocenters. The summed E-state index contributed by atoms with van der Waals surface area (Å²) in [5.41, 5.74) is 2.21. The predicted octanol–water partition coefficient (Wildman–Crippen LogP) is 3.68. The molecule has 0 N–H and O–H groups in total. The lowest BCUT2D eigenvalue weighted by Gasteiger charge is -2.33. The number of para-hydroxylation sites is 2. The zero-order valence-electron chi connectivity index (χ0n) is 12.3. The Morgan fingerprint density at radius 1 is 1.32 bits per heavy atom.